The highest BCUT2D eigenvalue weighted by Crippen LogP contribution is 2.48. The summed E-state index contributed by atoms with van der Waals surface area (Å²) in [5.41, 5.74) is -2.51. The number of benzene rings is 2. The Morgan fingerprint density at radius 1 is 1.05 bits per heavy atom. The van der Waals surface area contributed by atoms with Crippen molar-refractivity contribution in [3.8, 4) is 17.1 Å². The van der Waals surface area contributed by atoms with Crippen molar-refractivity contribution in [1.29, 1.82) is 0 Å². The van der Waals surface area contributed by atoms with Gasteiger partial charge in [-0.15, -0.1) is 5.10 Å². The van der Waals surface area contributed by atoms with Crippen LogP contribution in [0.3, 0.4) is 0 Å². The molecule has 2 atom stereocenters. The Kier molecular flexibility index (Phi) is 9.34. The van der Waals surface area contributed by atoms with Gasteiger partial charge in [0.05, 0.1) is 39.9 Å². The number of aromatic nitrogens is 6. The van der Waals surface area contributed by atoms with E-state index in [1.165, 1.54) is 34.9 Å². The maximum absolute atomic E-state index is 15.9. The maximum atomic E-state index is 15.9. The first-order valence-electron chi connectivity index (χ1n) is 18.2. The summed E-state index contributed by atoms with van der Waals surface area (Å²) in [7, 11) is 1.96. The van der Waals surface area contributed by atoms with Crippen LogP contribution in [0.15, 0.2) is 47.5 Å². The molecule has 0 bridgehead atoms. The number of aryl methyl sites for hydroxylation is 1. The summed E-state index contributed by atoms with van der Waals surface area (Å²) in [6.07, 6.45) is -2.43. The van der Waals surface area contributed by atoms with Gasteiger partial charge in [-0.2, -0.15) is 22.7 Å². The molecule has 0 radical (unpaired) electrons. The molecule has 298 valence electrons. The number of hydrogen-bond acceptors (Lipinski definition) is 10. The van der Waals surface area contributed by atoms with Gasteiger partial charge in [0.25, 0.3) is 11.5 Å². The van der Waals surface area contributed by atoms with Gasteiger partial charge in [-0.1, -0.05) is 6.07 Å². The fraction of sp³-hybridized carbons (Fsp3) is 0.395. The van der Waals surface area contributed by atoms with E-state index in [2.05, 4.69) is 30.3 Å². The molecule has 0 saturated carbocycles. The molecular weight excluding hydrogens is 757 g/mol. The fourth-order valence-electron chi connectivity index (χ4n) is 8.24. The molecule has 1 spiro atoms. The summed E-state index contributed by atoms with van der Waals surface area (Å²) < 4.78 is 79.1. The molecule has 19 heteroatoms. The second kappa shape index (κ2) is 14.0. The average molecular weight is 794 g/mol. The molecule has 2 saturated heterocycles. The number of carbonyl (C=O) groups excluding carboxylic acids is 2. The summed E-state index contributed by atoms with van der Waals surface area (Å²) in [6, 6.07) is 6.45. The van der Waals surface area contributed by atoms with Crippen molar-refractivity contribution < 1.29 is 41.4 Å². The summed E-state index contributed by atoms with van der Waals surface area (Å²) in [5.74, 6) is -4.03. The van der Waals surface area contributed by atoms with E-state index in [-0.39, 0.29) is 83.6 Å². The van der Waals surface area contributed by atoms with E-state index in [4.69, 9.17) is 4.74 Å². The van der Waals surface area contributed by atoms with Gasteiger partial charge in [-0.05, 0) is 89.0 Å². The van der Waals surface area contributed by atoms with Crippen LogP contribution in [0.5, 0.6) is 5.75 Å². The van der Waals surface area contributed by atoms with Crippen molar-refractivity contribution in [2.75, 3.05) is 32.0 Å². The molecule has 2 aromatic carbocycles. The smallest absolute Gasteiger partial charge is 0.416 e. The lowest BCUT2D eigenvalue weighted by Crippen LogP contribution is -2.47. The molecule has 8 rings (SSSR count). The number of ether oxygens (including phenoxy) is 1. The summed E-state index contributed by atoms with van der Waals surface area (Å²) >= 11 is 0. The Bertz CT molecular complexity index is 2510. The van der Waals surface area contributed by atoms with Crippen molar-refractivity contribution in [3.63, 3.8) is 0 Å². The number of hydrogen-bond donors (Lipinski definition) is 2. The van der Waals surface area contributed by atoms with Crippen molar-refractivity contribution in [1.82, 2.24) is 38.9 Å². The van der Waals surface area contributed by atoms with Gasteiger partial charge in [-0.25, -0.2) is 18.7 Å². The van der Waals surface area contributed by atoms with Crippen LogP contribution in [0.4, 0.5) is 27.6 Å². The van der Waals surface area contributed by atoms with Crippen LogP contribution in [-0.4, -0.2) is 82.5 Å². The Morgan fingerprint density at radius 3 is 2.47 bits per heavy atom. The van der Waals surface area contributed by atoms with Crippen molar-refractivity contribution in [3.05, 3.63) is 98.5 Å². The number of rotatable bonds is 6. The van der Waals surface area contributed by atoms with Gasteiger partial charge in [0.1, 0.15) is 30.1 Å². The predicted octanol–water partition coefficient (Wildman–Crippen LogP) is 5.29. The molecule has 57 heavy (non-hydrogen) atoms. The Morgan fingerprint density at radius 2 is 1.81 bits per heavy atom. The average Bonchev–Trinajstić information content (AvgIpc) is 3.87. The van der Waals surface area contributed by atoms with Crippen LogP contribution >= 0.6 is 0 Å². The zero-order valence-corrected chi connectivity index (χ0v) is 30.9. The van der Waals surface area contributed by atoms with E-state index < -0.39 is 64.7 Å². The zero-order valence-electron chi connectivity index (χ0n) is 30.9. The molecular formula is C38H36F5N9O5. The van der Waals surface area contributed by atoms with E-state index in [1.54, 1.807) is 13.0 Å². The van der Waals surface area contributed by atoms with Crippen molar-refractivity contribution in [2.24, 2.45) is 0 Å². The minimum absolute atomic E-state index is 0.000436. The molecule has 14 nitrogen and oxygen atoms in total. The van der Waals surface area contributed by atoms with E-state index in [1.807, 2.05) is 7.05 Å². The summed E-state index contributed by atoms with van der Waals surface area (Å²) in [4.78, 5) is 57.5. The fourth-order valence-corrected chi connectivity index (χ4v) is 8.24. The minimum Gasteiger partial charge on any atom is -0.504 e. The lowest BCUT2D eigenvalue weighted by molar-refractivity contribution is -0.137. The van der Waals surface area contributed by atoms with Crippen LogP contribution in [0, 0.1) is 18.6 Å². The van der Waals surface area contributed by atoms with Crippen molar-refractivity contribution in [2.45, 2.75) is 70.0 Å². The van der Waals surface area contributed by atoms with Gasteiger partial charge < -0.3 is 24.6 Å². The quantitative estimate of drug-likeness (QED) is 0.217. The highest BCUT2D eigenvalue weighted by Gasteiger charge is 2.51. The Labute approximate surface area is 320 Å². The Balaban J connectivity index is 1.19. The topological polar surface area (TPSA) is 160 Å². The standard InChI is InChI=1S/C38H36F5N9O5/c1-19-32(54)30(45-18-44-19)35(56)50-13-10-37(11-14-50)29-31(20(2)57-37)51(17-28(53)46-26-9-7-22(16-25(26)40)38(41,42)43)36-47-33(48-52(36)34(29)55)23-8-6-21(15-24(23)39)27-5-4-12-49(27)3/h6-9,15-16,18,20,27,54H,4-5,10-14,17H2,1-3H3,(H,46,53). The van der Waals surface area contributed by atoms with Crippen molar-refractivity contribution >= 4 is 23.3 Å². The number of nitrogens with one attached hydrogen (secondary N) is 1. The molecule has 2 unspecified atom stereocenters. The number of likely N-dealkylation sites (tertiary alicyclic amines) is 2. The highest BCUT2D eigenvalue weighted by atomic mass is 19.4. The number of alkyl halides is 3. The van der Waals surface area contributed by atoms with Gasteiger partial charge in [0.2, 0.25) is 11.7 Å². The summed E-state index contributed by atoms with van der Waals surface area (Å²) in [6.45, 7) is 3.60. The van der Waals surface area contributed by atoms with E-state index in [0.717, 1.165) is 35.5 Å². The molecule has 0 aliphatic carbocycles. The predicted molar refractivity (Wildman–Crippen MR) is 192 cm³/mol. The van der Waals surface area contributed by atoms with Gasteiger partial charge in [-0.3, -0.25) is 19.3 Å². The molecule has 3 aromatic heterocycles. The third-order valence-corrected chi connectivity index (χ3v) is 11.1. The monoisotopic (exact) mass is 793 g/mol. The number of nitrogens with zero attached hydrogens (tertiary/aromatic N) is 8. The lowest BCUT2D eigenvalue weighted by atomic mass is 9.85. The number of halogens is 5. The van der Waals surface area contributed by atoms with Crippen LogP contribution in [0.1, 0.15) is 83.3 Å². The number of carbonyl (C=O) groups is 2. The first-order valence-corrected chi connectivity index (χ1v) is 18.2. The molecule has 2 N–H and O–H groups in total. The van der Waals surface area contributed by atoms with Gasteiger partial charge in [0.15, 0.2) is 17.3 Å². The number of amides is 2. The first kappa shape index (κ1) is 38.1. The van der Waals surface area contributed by atoms with Gasteiger partial charge in [0, 0.05) is 19.1 Å². The number of fused-ring (bicyclic) bond motifs is 3. The second-order valence-electron chi connectivity index (χ2n) is 14.6. The van der Waals surface area contributed by atoms with E-state index >= 15 is 4.39 Å². The van der Waals surface area contributed by atoms with Gasteiger partial charge >= 0.3 is 6.18 Å². The van der Waals surface area contributed by atoms with Crippen LogP contribution in [0.2, 0.25) is 0 Å². The highest BCUT2D eigenvalue weighted by molar-refractivity contribution is 5.95. The first-order chi connectivity index (χ1) is 27.1. The third kappa shape index (κ3) is 6.57. The molecule has 3 aliphatic heterocycles. The SMILES string of the molecule is Cc1ncnc(C(=O)N2CCC3(CC2)OC(C)c2c3c(=O)n3nc(-c4ccc(C5CCCN5C)cc4F)nc3n2CC(=O)Nc2ccc(C(F)(F)F)cc2F)c1O. The number of piperidine rings is 1. The number of aromatic hydroxyl groups is 1. The van der Waals surface area contributed by atoms with Crippen LogP contribution in [0.25, 0.3) is 17.2 Å². The van der Waals surface area contributed by atoms with Crippen LogP contribution in [-0.2, 0) is 27.9 Å². The largest absolute Gasteiger partial charge is 0.504 e. The maximum Gasteiger partial charge on any atom is 0.416 e. The minimum atomic E-state index is -4.81. The summed E-state index contributed by atoms with van der Waals surface area (Å²) in [5, 5.41) is 17.2. The van der Waals surface area contributed by atoms with E-state index in [9.17, 15) is 37.1 Å². The molecule has 6 heterocycles. The number of anilines is 1. The molecule has 2 fully saturated rings. The molecule has 3 aliphatic rings. The van der Waals surface area contributed by atoms with E-state index in [0.29, 0.717) is 6.07 Å². The third-order valence-electron chi connectivity index (χ3n) is 11.1. The zero-order chi connectivity index (χ0) is 40.6. The lowest BCUT2D eigenvalue weighted by Gasteiger charge is -2.39. The molecule has 2 amide bonds. The molecule has 5 aromatic rings. The van der Waals surface area contributed by atoms with Crippen LogP contribution < -0.4 is 10.9 Å². The second-order valence-corrected chi connectivity index (χ2v) is 14.6. The normalized spacial score (nSPS) is 19.4. The Hall–Kier alpha value is -5.82.